The molecule has 0 saturated carbocycles. The quantitative estimate of drug-likeness (QED) is 0.582. The lowest BCUT2D eigenvalue weighted by Gasteiger charge is -2.11. The number of esters is 1. The maximum atomic E-state index is 12.3. The predicted molar refractivity (Wildman–Crippen MR) is 111 cm³/mol. The van der Waals surface area contributed by atoms with E-state index in [0.29, 0.717) is 16.5 Å². The molecule has 3 aromatic rings. The highest BCUT2D eigenvalue weighted by Gasteiger charge is 2.15. The number of carbonyl (C=O) groups excluding carboxylic acids is 2. The molecule has 1 heterocycles. The van der Waals surface area contributed by atoms with E-state index in [9.17, 15) is 14.4 Å². The van der Waals surface area contributed by atoms with Gasteiger partial charge in [0.15, 0.2) is 12.3 Å². The Labute approximate surface area is 177 Å². The lowest BCUT2D eigenvalue weighted by Crippen LogP contribution is -2.26. The van der Waals surface area contributed by atoms with Crippen LogP contribution in [0, 0.1) is 0 Å². The summed E-state index contributed by atoms with van der Waals surface area (Å²) in [6, 6.07) is 16.4. The molecule has 0 aliphatic heterocycles. The van der Waals surface area contributed by atoms with Crippen molar-refractivity contribution in [3.63, 3.8) is 0 Å². The third kappa shape index (κ3) is 5.45. The van der Waals surface area contributed by atoms with Crippen LogP contribution in [-0.2, 0) is 16.1 Å². The molecule has 1 amide bonds. The van der Waals surface area contributed by atoms with Crippen LogP contribution in [0.15, 0.2) is 65.5 Å². The molecule has 0 saturated heterocycles. The Bertz CT molecular complexity index is 1120. The molecule has 0 unspecified atom stereocenters. The smallest absolute Gasteiger partial charge is 0.359 e. The Hall–Kier alpha value is -3.65. The molecule has 9 heteroatoms. The zero-order valence-electron chi connectivity index (χ0n) is 16.0. The molecule has 154 valence electrons. The zero-order chi connectivity index (χ0) is 21.5. The number of halogens is 1. The SMILES string of the molecule is COc1ccc(Cl)cc1NC(=O)COC(=O)c1ccc(=O)n(Cc2ccccc2)n1. The molecular weight excluding hydrogens is 410 g/mol. The lowest BCUT2D eigenvalue weighted by molar-refractivity contribution is -0.119. The summed E-state index contributed by atoms with van der Waals surface area (Å²) in [5.41, 5.74) is 0.757. The summed E-state index contributed by atoms with van der Waals surface area (Å²) < 4.78 is 11.3. The number of carbonyl (C=O) groups is 2. The first-order valence-corrected chi connectivity index (χ1v) is 9.26. The Balaban J connectivity index is 1.63. The van der Waals surface area contributed by atoms with Gasteiger partial charge in [0.1, 0.15) is 5.75 Å². The molecule has 0 bridgehead atoms. The number of nitrogens with zero attached hydrogens (tertiary/aromatic N) is 2. The van der Waals surface area contributed by atoms with E-state index >= 15 is 0 Å². The molecule has 30 heavy (non-hydrogen) atoms. The average Bonchev–Trinajstić information content (AvgIpc) is 2.74. The molecule has 0 spiro atoms. The van der Waals surface area contributed by atoms with E-state index < -0.39 is 18.5 Å². The number of anilines is 1. The Morgan fingerprint density at radius 1 is 1.10 bits per heavy atom. The first kappa shape index (κ1) is 21.1. The molecule has 8 nitrogen and oxygen atoms in total. The minimum atomic E-state index is -0.829. The van der Waals surface area contributed by atoms with Crippen molar-refractivity contribution in [3.05, 3.63) is 87.3 Å². The fourth-order valence-corrected chi connectivity index (χ4v) is 2.77. The maximum Gasteiger partial charge on any atom is 0.359 e. The number of ether oxygens (including phenoxy) is 2. The van der Waals surface area contributed by atoms with Crippen LogP contribution in [0.1, 0.15) is 16.1 Å². The van der Waals surface area contributed by atoms with Crippen LogP contribution in [0.2, 0.25) is 5.02 Å². The van der Waals surface area contributed by atoms with Gasteiger partial charge in [-0.15, -0.1) is 0 Å². The van der Waals surface area contributed by atoms with Crippen molar-refractivity contribution in [3.8, 4) is 5.75 Å². The normalized spacial score (nSPS) is 10.3. The second-order valence-electron chi connectivity index (χ2n) is 6.17. The van der Waals surface area contributed by atoms with Crippen molar-refractivity contribution in [1.82, 2.24) is 9.78 Å². The molecule has 0 aliphatic rings. The van der Waals surface area contributed by atoms with E-state index in [1.807, 2.05) is 30.3 Å². The van der Waals surface area contributed by atoms with E-state index in [2.05, 4.69) is 10.4 Å². The number of aromatic nitrogens is 2. The van der Waals surface area contributed by atoms with Crippen molar-refractivity contribution in [1.29, 1.82) is 0 Å². The van der Waals surface area contributed by atoms with Crippen LogP contribution in [0.3, 0.4) is 0 Å². The fraction of sp³-hybridized carbons (Fsp3) is 0.143. The summed E-state index contributed by atoms with van der Waals surface area (Å²) in [6.45, 7) is -0.343. The third-order valence-corrected chi connectivity index (χ3v) is 4.26. The topological polar surface area (TPSA) is 99.5 Å². The van der Waals surface area contributed by atoms with Crippen molar-refractivity contribution in [2.45, 2.75) is 6.54 Å². The third-order valence-electron chi connectivity index (χ3n) is 4.02. The van der Waals surface area contributed by atoms with E-state index in [1.165, 1.54) is 25.3 Å². The summed E-state index contributed by atoms with van der Waals surface area (Å²) in [7, 11) is 1.45. The Morgan fingerprint density at radius 3 is 2.60 bits per heavy atom. The number of hydrogen-bond donors (Lipinski definition) is 1. The number of benzene rings is 2. The van der Waals surface area contributed by atoms with E-state index in [4.69, 9.17) is 21.1 Å². The molecule has 0 fully saturated rings. The number of nitrogens with one attached hydrogen (secondary N) is 1. The van der Waals surface area contributed by atoms with E-state index in [-0.39, 0.29) is 17.8 Å². The molecule has 1 N–H and O–H groups in total. The van der Waals surface area contributed by atoms with Crippen LogP contribution in [0.4, 0.5) is 5.69 Å². The molecule has 3 rings (SSSR count). The van der Waals surface area contributed by atoms with Gasteiger partial charge in [0.25, 0.3) is 11.5 Å². The first-order chi connectivity index (χ1) is 14.5. The Kier molecular flexibility index (Phi) is 6.82. The maximum absolute atomic E-state index is 12.3. The molecule has 0 aliphatic carbocycles. The average molecular weight is 428 g/mol. The van der Waals surface area contributed by atoms with Crippen molar-refractivity contribution in [2.24, 2.45) is 0 Å². The van der Waals surface area contributed by atoms with Crippen LogP contribution in [-0.4, -0.2) is 35.4 Å². The molecular formula is C21H18ClN3O5. The van der Waals surface area contributed by atoms with Gasteiger partial charge in [-0.25, -0.2) is 9.48 Å². The summed E-state index contributed by atoms with van der Waals surface area (Å²) in [5.74, 6) is -1.000. The summed E-state index contributed by atoms with van der Waals surface area (Å²) in [5, 5.41) is 7.00. The first-order valence-electron chi connectivity index (χ1n) is 8.89. The van der Waals surface area contributed by atoms with Gasteiger partial charge in [-0.3, -0.25) is 9.59 Å². The monoisotopic (exact) mass is 427 g/mol. The standard InChI is InChI=1S/C21H18ClN3O5/c1-29-18-9-7-15(22)11-17(18)23-19(26)13-30-21(28)16-8-10-20(27)25(24-16)12-14-5-3-2-4-6-14/h2-11H,12-13H2,1H3,(H,23,26). The highest BCUT2D eigenvalue weighted by Crippen LogP contribution is 2.27. The van der Waals surface area contributed by atoms with Gasteiger partial charge in [0.2, 0.25) is 0 Å². The number of hydrogen-bond acceptors (Lipinski definition) is 6. The zero-order valence-corrected chi connectivity index (χ0v) is 16.8. The summed E-state index contributed by atoms with van der Waals surface area (Å²) in [4.78, 5) is 36.4. The molecule has 2 aromatic carbocycles. The fourth-order valence-electron chi connectivity index (χ4n) is 2.60. The van der Waals surface area contributed by atoms with Crippen molar-refractivity contribution in [2.75, 3.05) is 19.0 Å². The van der Waals surface area contributed by atoms with Gasteiger partial charge in [0, 0.05) is 11.1 Å². The largest absolute Gasteiger partial charge is 0.495 e. The lowest BCUT2D eigenvalue weighted by atomic mass is 10.2. The van der Waals surface area contributed by atoms with E-state index in [1.54, 1.807) is 12.1 Å². The van der Waals surface area contributed by atoms with Crippen LogP contribution >= 0.6 is 11.6 Å². The summed E-state index contributed by atoms with van der Waals surface area (Å²) in [6.07, 6.45) is 0. The van der Waals surface area contributed by atoms with Gasteiger partial charge in [-0.2, -0.15) is 5.10 Å². The second-order valence-corrected chi connectivity index (χ2v) is 6.61. The number of amides is 1. The van der Waals surface area contributed by atoms with Gasteiger partial charge in [-0.1, -0.05) is 41.9 Å². The molecule has 0 atom stereocenters. The second kappa shape index (κ2) is 9.71. The van der Waals surface area contributed by atoms with Crippen molar-refractivity contribution >= 4 is 29.2 Å². The minimum Gasteiger partial charge on any atom is -0.495 e. The van der Waals surface area contributed by atoms with Crippen LogP contribution in [0.25, 0.3) is 0 Å². The van der Waals surface area contributed by atoms with E-state index in [0.717, 1.165) is 10.2 Å². The number of methoxy groups -OCH3 is 1. The van der Waals surface area contributed by atoms with Crippen LogP contribution in [0.5, 0.6) is 5.75 Å². The number of rotatable bonds is 7. The molecule has 1 aromatic heterocycles. The van der Waals surface area contributed by atoms with Gasteiger partial charge in [-0.05, 0) is 29.8 Å². The van der Waals surface area contributed by atoms with Gasteiger partial charge in [0.05, 0.1) is 19.3 Å². The highest BCUT2D eigenvalue weighted by molar-refractivity contribution is 6.31. The van der Waals surface area contributed by atoms with Gasteiger partial charge < -0.3 is 14.8 Å². The minimum absolute atomic E-state index is 0.0846. The Morgan fingerprint density at radius 2 is 1.87 bits per heavy atom. The van der Waals surface area contributed by atoms with Crippen molar-refractivity contribution < 1.29 is 19.1 Å². The van der Waals surface area contributed by atoms with Crippen LogP contribution < -0.4 is 15.6 Å². The van der Waals surface area contributed by atoms with Gasteiger partial charge >= 0.3 is 5.97 Å². The highest BCUT2D eigenvalue weighted by atomic mass is 35.5. The predicted octanol–water partition coefficient (Wildman–Crippen LogP) is 2.75. The molecule has 0 radical (unpaired) electrons. The summed E-state index contributed by atoms with van der Waals surface area (Å²) >= 11 is 5.92.